The fourth-order valence-electron chi connectivity index (χ4n) is 1.74. The smallest absolute Gasteiger partial charge is 0.309 e. The summed E-state index contributed by atoms with van der Waals surface area (Å²) in [6.07, 6.45) is 1.11. The van der Waals surface area contributed by atoms with E-state index >= 15 is 0 Å². The van der Waals surface area contributed by atoms with Gasteiger partial charge in [0.25, 0.3) is 0 Å². The van der Waals surface area contributed by atoms with Gasteiger partial charge in [0.1, 0.15) is 0 Å². The minimum atomic E-state index is -0.932. The van der Waals surface area contributed by atoms with Gasteiger partial charge in [0.2, 0.25) is 0 Å². The third-order valence-corrected chi connectivity index (χ3v) is 2.46. The summed E-state index contributed by atoms with van der Waals surface area (Å²) in [6, 6.07) is 7.55. The summed E-state index contributed by atoms with van der Waals surface area (Å²) in [5, 5.41) is 8.79. The molecular weight excluding hydrogens is 234 g/mol. The maximum atomic E-state index is 10.7. The quantitative estimate of drug-likeness (QED) is 0.876. The van der Waals surface area contributed by atoms with Crippen LogP contribution in [0.15, 0.2) is 35.1 Å². The molecule has 94 valence electrons. The SMILES string of the molecule is COCc1cccc(-c2ocnc2CC(=O)O)c1. The van der Waals surface area contributed by atoms with Crippen molar-refractivity contribution in [1.82, 2.24) is 4.98 Å². The minimum absolute atomic E-state index is 0.152. The lowest BCUT2D eigenvalue weighted by Gasteiger charge is -2.03. The second-order valence-electron chi connectivity index (χ2n) is 3.83. The van der Waals surface area contributed by atoms with E-state index in [9.17, 15) is 4.79 Å². The number of benzene rings is 1. The Hall–Kier alpha value is -2.14. The zero-order valence-electron chi connectivity index (χ0n) is 9.92. The summed E-state index contributed by atoms with van der Waals surface area (Å²) in [4.78, 5) is 14.6. The second kappa shape index (κ2) is 5.46. The van der Waals surface area contributed by atoms with E-state index in [1.54, 1.807) is 7.11 Å². The van der Waals surface area contributed by atoms with Crippen LogP contribution in [0.2, 0.25) is 0 Å². The number of rotatable bonds is 5. The summed E-state index contributed by atoms with van der Waals surface area (Å²) < 4.78 is 10.3. The van der Waals surface area contributed by atoms with Gasteiger partial charge in [-0.05, 0) is 11.6 Å². The lowest BCUT2D eigenvalue weighted by molar-refractivity contribution is -0.136. The molecule has 0 bridgehead atoms. The van der Waals surface area contributed by atoms with Crippen LogP contribution in [0.3, 0.4) is 0 Å². The van der Waals surface area contributed by atoms with E-state index in [1.807, 2.05) is 24.3 Å². The zero-order valence-corrected chi connectivity index (χ0v) is 9.92. The molecule has 0 fully saturated rings. The molecular formula is C13H13NO4. The van der Waals surface area contributed by atoms with Gasteiger partial charge in [-0.15, -0.1) is 0 Å². The average molecular weight is 247 g/mol. The van der Waals surface area contributed by atoms with Gasteiger partial charge >= 0.3 is 5.97 Å². The molecule has 0 unspecified atom stereocenters. The molecule has 5 heteroatoms. The Bertz CT molecular complexity index is 547. The van der Waals surface area contributed by atoms with Gasteiger partial charge in [0, 0.05) is 12.7 Å². The minimum Gasteiger partial charge on any atom is -0.481 e. The van der Waals surface area contributed by atoms with Crippen LogP contribution in [0.25, 0.3) is 11.3 Å². The molecule has 0 atom stereocenters. The standard InChI is InChI=1S/C13H13NO4/c1-17-7-9-3-2-4-10(5-9)13-11(6-12(15)16)14-8-18-13/h2-5,8H,6-7H2,1H3,(H,15,16). The molecule has 18 heavy (non-hydrogen) atoms. The molecule has 5 nitrogen and oxygen atoms in total. The van der Waals surface area contributed by atoms with Crippen molar-refractivity contribution in [2.75, 3.05) is 7.11 Å². The van der Waals surface area contributed by atoms with Crippen molar-refractivity contribution in [1.29, 1.82) is 0 Å². The predicted octanol–water partition coefficient (Wildman–Crippen LogP) is 2.12. The van der Waals surface area contributed by atoms with E-state index in [4.69, 9.17) is 14.3 Å². The highest BCUT2D eigenvalue weighted by Crippen LogP contribution is 2.24. The highest BCUT2D eigenvalue weighted by molar-refractivity contribution is 5.73. The molecule has 0 saturated carbocycles. The van der Waals surface area contributed by atoms with Gasteiger partial charge in [-0.25, -0.2) is 4.98 Å². The van der Waals surface area contributed by atoms with Gasteiger partial charge < -0.3 is 14.3 Å². The summed E-state index contributed by atoms with van der Waals surface area (Å²) >= 11 is 0. The molecule has 0 aliphatic rings. The Morgan fingerprint density at radius 1 is 1.50 bits per heavy atom. The number of carboxylic acids is 1. The average Bonchev–Trinajstić information content (AvgIpc) is 2.77. The van der Waals surface area contributed by atoms with Crippen molar-refractivity contribution in [3.63, 3.8) is 0 Å². The molecule has 0 aliphatic heterocycles. The van der Waals surface area contributed by atoms with E-state index in [2.05, 4.69) is 4.98 Å². The number of aromatic nitrogens is 1. The molecule has 1 aromatic heterocycles. The van der Waals surface area contributed by atoms with Crippen LogP contribution in [-0.4, -0.2) is 23.2 Å². The normalized spacial score (nSPS) is 10.5. The molecule has 0 radical (unpaired) electrons. The first-order valence-electron chi connectivity index (χ1n) is 5.43. The van der Waals surface area contributed by atoms with Gasteiger partial charge in [-0.2, -0.15) is 0 Å². The molecule has 0 saturated heterocycles. The third kappa shape index (κ3) is 2.75. The van der Waals surface area contributed by atoms with E-state index in [0.717, 1.165) is 11.1 Å². The van der Waals surface area contributed by atoms with Crippen LogP contribution in [0.4, 0.5) is 0 Å². The number of ether oxygens (including phenoxy) is 1. The van der Waals surface area contributed by atoms with Crippen LogP contribution in [0.5, 0.6) is 0 Å². The van der Waals surface area contributed by atoms with Crippen molar-refractivity contribution >= 4 is 5.97 Å². The topological polar surface area (TPSA) is 72.6 Å². The number of aliphatic carboxylic acids is 1. The molecule has 0 aliphatic carbocycles. The number of oxazole rings is 1. The first kappa shape index (κ1) is 12.3. The molecule has 1 heterocycles. The van der Waals surface area contributed by atoms with Crippen LogP contribution in [0, 0.1) is 0 Å². The predicted molar refractivity (Wildman–Crippen MR) is 64.0 cm³/mol. The van der Waals surface area contributed by atoms with Crippen LogP contribution < -0.4 is 0 Å². The second-order valence-corrected chi connectivity index (χ2v) is 3.83. The summed E-state index contributed by atoms with van der Waals surface area (Å²) in [5.74, 6) is -0.437. The number of nitrogens with zero attached hydrogens (tertiary/aromatic N) is 1. The van der Waals surface area contributed by atoms with Crippen molar-refractivity contribution < 1.29 is 19.1 Å². The van der Waals surface area contributed by atoms with Gasteiger partial charge in [0.05, 0.1) is 18.7 Å². The summed E-state index contributed by atoms with van der Waals surface area (Å²) in [7, 11) is 1.62. The molecule has 1 N–H and O–H groups in total. The van der Waals surface area contributed by atoms with E-state index in [0.29, 0.717) is 18.1 Å². The Kier molecular flexibility index (Phi) is 3.74. The zero-order chi connectivity index (χ0) is 13.0. The van der Waals surface area contributed by atoms with E-state index < -0.39 is 5.97 Å². The third-order valence-electron chi connectivity index (χ3n) is 2.46. The maximum absolute atomic E-state index is 10.7. The van der Waals surface area contributed by atoms with Crippen molar-refractivity contribution in [2.24, 2.45) is 0 Å². The van der Waals surface area contributed by atoms with Crippen molar-refractivity contribution in [3.05, 3.63) is 41.9 Å². The van der Waals surface area contributed by atoms with Crippen molar-refractivity contribution in [2.45, 2.75) is 13.0 Å². The van der Waals surface area contributed by atoms with Crippen LogP contribution in [-0.2, 0) is 22.6 Å². The molecule has 0 amide bonds. The maximum Gasteiger partial charge on any atom is 0.309 e. The largest absolute Gasteiger partial charge is 0.481 e. The molecule has 1 aromatic carbocycles. The Balaban J connectivity index is 2.33. The van der Waals surface area contributed by atoms with Gasteiger partial charge in [-0.3, -0.25) is 4.79 Å². The highest BCUT2D eigenvalue weighted by Gasteiger charge is 2.14. The van der Waals surface area contributed by atoms with Gasteiger partial charge in [0.15, 0.2) is 12.2 Å². The number of hydrogen-bond donors (Lipinski definition) is 1. The molecule has 2 aromatic rings. The molecule has 2 rings (SSSR count). The fraction of sp³-hybridized carbons (Fsp3) is 0.231. The van der Waals surface area contributed by atoms with Crippen LogP contribution in [0.1, 0.15) is 11.3 Å². The van der Waals surface area contributed by atoms with Gasteiger partial charge in [-0.1, -0.05) is 18.2 Å². The van der Waals surface area contributed by atoms with E-state index in [-0.39, 0.29) is 6.42 Å². The lowest BCUT2D eigenvalue weighted by Crippen LogP contribution is -2.01. The number of hydrogen-bond acceptors (Lipinski definition) is 4. The number of methoxy groups -OCH3 is 1. The Morgan fingerprint density at radius 3 is 3.06 bits per heavy atom. The first-order valence-corrected chi connectivity index (χ1v) is 5.43. The number of carboxylic acid groups (broad SMARTS) is 1. The fourth-order valence-corrected chi connectivity index (χ4v) is 1.74. The summed E-state index contributed by atoms with van der Waals surface area (Å²) in [5.41, 5.74) is 2.23. The lowest BCUT2D eigenvalue weighted by atomic mass is 10.1. The number of carbonyl (C=O) groups is 1. The Labute approximate surface area is 104 Å². The molecule has 0 spiro atoms. The van der Waals surface area contributed by atoms with Crippen molar-refractivity contribution in [3.8, 4) is 11.3 Å². The van der Waals surface area contributed by atoms with E-state index in [1.165, 1.54) is 6.39 Å². The highest BCUT2D eigenvalue weighted by atomic mass is 16.5. The first-order chi connectivity index (χ1) is 8.70. The monoisotopic (exact) mass is 247 g/mol. The Morgan fingerprint density at radius 2 is 2.33 bits per heavy atom. The van der Waals surface area contributed by atoms with Crippen LogP contribution >= 0.6 is 0 Å². The summed E-state index contributed by atoms with van der Waals surface area (Å²) in [6.45, 7) is 0.496.